The first-order valence-corrected chi connectivity index (χ1v) is 9.04. The average molecular weight is 394 g/mol. The SMILES string of the molecule is Cc1ccc2nc(-c3ccc(NC(=O)CCOCC(F)(F)F)cc3)sc2c1. The van der Waals surface area contributed by atoms with Crippen LogP contribution in [-0.2, 0) is 9.53 Å². The Bertz CT molecular complexity index is 936. The highest BCUT2D eigenvalue weighted by molar-refractivity contribution is 7.21. The zero-order valence-electron chi connectivity index (χ0n) is 14.5. The number of benzene rings is 2. The van der Waals surface area contributed by atoms with Crippen LogP contribution < -0.4 is 5.32 Å². The van der Waals surface area contributed by atoms with Crippen LogP contribution in [0.15, 0.2) is 42.5 Å². The number of alkyl halides is 3. The minimum Gasteiger partial charge on any atom is -0.372 e. The van der Waals surface area contributed by atoms with Crippen molar-refractivity contribution in [3.63, 3.8) is 0 Å². The van der Waals surface area contributed by atoms with Crippen LogP contribution in [0, 0.1) is 6.92 Å². The maximum atomic E-state index is 12.0. The summed E-state index contributed by atoms with van der Waals surface area (Å²) in [6.07, 6.45) is -4.53. The van der Waals surface area contributed by atoms with Gasteiger partial charge in [-0.1, -0.05) is 6.07 Å². The van der Waals surface area contributed by atoms with Gasteiger partial charge in [0.2, 0.25) is 5.91 Å². The summed E-state index contributed by atoms with van der Waals surface area (Å²) in [7, 11) is 0. The van der Waals surface area contributed by atoms with E-state index >= 15 is 0 Å². The first kappa shape index (κ1) is 19.3. The molecule has 1 aromatic heterocycles. The molecule has 0 saturated carbocycles. The number of hydrogen-bond donors (Lipinski definition) is 1. The number of aromatic nitrogens is 1. The Kier molecular flexibility index (Phi) is 5.76. The van der Waals surface area contributed by atoms with Crippen LogP contribution in [0.2, 0.25) is 0 Å². The number of halogens is 3. The number of fused-ring (bicyclic) bond motifs is 1. The number of carbonyl (C=O) groups is 1. The van der Waals surface area contributed by atoms with Crippen molar-refractivity contribution in [2.75, 3.05) is 18.5 Å². The lowest BCUT2D eigenvalue weighted by Crippen LogP contribution is -2.20. The number of amides is 1. The molecule has 0 bridgehead atoms. The Labute approximate surface area is 158 Å². The summed E-state index contributed by atoms with van der Waals surface area (Å²) < 4.78 is 41.4. The van der Waals surface area contributed by atoms with Crippen LogP contribution in [0.4, 0.5) is 18.9 Å². The molecule has 0 radical (unpaired) electrons. The molecule has 0 atom stereocenters. The van der Waals surface area contributed by atoms with E-state index in [-0.39, 0.29) is 13.0 Å². The fourth-order valence-corrected chi connectivity index (χ4v) is 3.50. The molecule has 1 amide bonds. The summed E-state index contributed by atoms with van der Waals surface area (Å²) in [5, 5.41) is 3.52. The van der Waals surface area contributed by atoms with Gasteiger partial charge in [0.25, 0.3) is 0 Å². The minimum atomic E-state index is -4.38. The van der Waals surface area contributed by atoms with E-state index in [4.69, 9.17) is 0 Å². The van der Waals surface area contributed by atoms with Gasteiger partial charge in [-0.2, -0.15) is 13.2 Å². The first-order chi connectivity index (χ1) is 12.8. The summed E-state index contributed by atoms with van der Waals surface area (Å²) in [5.74, 6) is -0.402. The Morgan fingerprint density at radius 2 is 1.93 bits per heavy atom. The van der Waals surface area contributed by atoms with Crippen molar-refractivity contribution in [2.24, 2.45) is 0 Å². The highest BCUT2D eigenvalue weighted by atomic mass is 32.1. The van der Waals surface area contributed by atoms with Gasteiger partial charge in [0.1, 0.15) is 11.6 Å². The summed E-state index contributed by atoms with van der Waals surface area (Å²) in [6, 6.07) is 13.3. The van der Waals surface area contributed by atoms with Crippen LogP contribution in [0.1, 0.15) is 12.0 Å². The normalized spacial score (nSPS) is 11.7. The quantitative estimate of drug-likeness (QED) is 0.586. The molecule has 1 N–H and O–H groups in total. The predicted molar refractivity (Wildman–Crippen MR) is 99.9 cm³/mol. The lowest BCUT2D eigenvalue weighted by Gasteiger charge is -2.08. The number of aryl methyl sites for hydroxylation is 1. The fourth-order valence-electron chi connectivity index (χ4n) is 2.43. The lowest BCUT2D eigenvalue weighted by atomic mass is 10.2. The van der Waals surface area contributed by atoms with Crippen molar-refractivity contribution >= 4 is 33.1 Å². The van der Waals surface area contributed by atoms with Gasteiger partial charge in [0.15, 0.2) is 0 Å². The monoisotopic (exact) mass is 394 g/mol. The molecule has 3 aromatic rings. The van der Waals surface area contributed by atoms with Crippen molar-refractivity contribution in [2.45, 2.75) is 19.5 Å². The van der Waals surface area contributed by atoms with Crippen LogP contribution in [0.5, 0.6) is 0 Å². The molecule has 3 rings (SSSR count). The second kappa shape index (κ2) is 8.06. The number of anilines is 1. The first-order valence-electron chi connectivity index (χ1n) is 8.22. The number of carbonyl (C=O) groups excluding carboxylic acids is 1. The molecule has 0 unspecified atom stereocenters. The highest BCUT2D eigenvalue weighted by Gasteiger charge is 2.27. The maximum Gasteiger partial charge on any atom is 0.411 e. The van der Waals surface area contributed by atoms with Gasteiger partial charge in [-0.25, -0.2) is 4.98 Å². The van der Waals surface area contributed by atoms with E-state index in [0.29, 0.717) is 5.69 Å². The summed E-state index contributed by atoms with van der Waals surface area (Å²) in [5.41, 5.74) is 3.61. The molecule has 0 saturated heterocycles. The molecule has 2 aromatic carbocycles. The number of ether oxygens (including phenoxy) is 1. The number of nitrogens with one attached hydrogen (secondary N) is 1. The maximum absolute atomic E-state index is 12.0. The Balaban J connectivity index is 1.57. The largest absolute Gasteiger partial charge is 0.411 e. The fraction of sp³-hybridized carbons (Fsp3) is 0.263. The number of nitrogens with zero attached hydrogens (tertiary/aromatic N) is 1. The van der Waals surface area contributed by atoms with Gasteiger partial charge in [-0.05, 0) is 48.9 Å². The molecule has 1 heterocycles. The Morgan fingerprint density at radius 1 is 1.19 bits per heavy atom. The van der Waals surface area contributed by atoms with Gasteiger partial charge < -0.3 is 10.1 Å². The van der Waals surface area contributed by atoms with Crippen LogP contribution >= 0.6 is 11.3 Å². The van der Waals surface area contributed by atoms with E-state index in [9.17, 15) is 18.0 Å². The molecule has 0 aliphatic heterocycles. The van der Waals surface area contributed by atoms with Crippen molar-refractivity contribution in [1.29, 1.82) is 0 Å². The molecule has 142 valence electrons. The zero-order chi connectivity index (χ0) is 19.4. The minimum absolute atomic E-state index is 0.144. The molecule has 27 heavy (non-hydrogen) atoms. The van der Waals surface area contributed by atoms with E-state index in [1.807, 2.05) is 31.2 Å². The van der Waals surface area contributed by atoms with Crippen molar-refractivity contribution in [3.05, 3.63) is 48.0 Å². The second-order valence-corrected chi connectivity index (χ2v) is 7.06. The number of rotatable bonds is 6. The van der Waals surface area contributed by atoms with E-state index in [1.165, 1.54) is 5.56 Å². The van der Waals surface area contributed by atoms with Crippen LogP contribution in [-0.4, -0.2) is 30.3 Å². The van der Waals surface area contributed by atoms with Crippen LogP contribution in [0.25, 0.3) is 20.8 Å². The Morgan fingerprint density at radius 3 is 2.63 bits per heavy atom. The van der Waals surface area contributed by atoms with E-state index in [0.717, 1.165) is 20.8 Å². The molecular weight excluding hydrogens is 377 g/mol. The van der Waals surface area contributed by atoms with E-state index < -0.39 is 18.7 Å². The molecular formula is C19H17F3N2O2S. The average Bonchev–Trinajstić information content (AvgIpc) is 3.01. The number of hydrogen-bond acceptors (Lipinski definition) is 4. The third-order valence-electron chi connectivity index (χ3n) is 3.70. The lowest BCUT2D eigenvalue weighted by molar-refractivity contribution is -0.174. The smallest absolute Gasteiger partial charge is 0.372 e. The molecule has 8 heteroatoms. The van der Waals surface area contributed by atoms with Crippen LogP contribution in [0.3, 0.4) is 0 Å². The van der Waals surface area contributed by atoms with Gasteiger partial charge in [0.05, 0.1) is 23.2 Å². The highest BCUT2D eigenvalue weighted by Crippen LogP contribution is 2.31. The summed E-state index contributed by atoms with van der Waals surface area (Å²) in [4.78, 5) is 16.4. The van der Waals surface area contributed by atoms with Crippen molar-refractivity contribution < 1.29 is 22.7 Å². The molecule has 0 spiro atoms. The molecule has 0 aliphatic carbocycles. The topological polar surface area (TPSA) is 51.2 Å². The summed E-state index contributed by atoms with van der Waals surface area (Å²) >= 11 is 1.59. The zero-order valence-corrected chi connectivity index (χ0v) is 15.3. The Hall–Kier alpha value is -2.45. The molecule has 0 aliphatic rings. The van der Waals surface area contributed by atoms with Crippen molar-refractivity contribution in [1.82, 2.24) is 4.98 Å². The van der Waals surface area contributed by atoms with Gasteiger partial charge in [-0.3, -0.25) is 4.79 Å². The van der Waals surface area contributed by atoms with E-state index in [2.05, 4.69) is 21.1 Å². The third kappa shape index (κ3) is 5.51. The van der Waals surface area contributed by atoms with Gasteiger partial charge in [-0.15, -0.1) is 11.3 Å². The van der Waals surface area contributed by atoms with Gasteiger partial charge >= 0.3 is 6.18 Å². The third-order valence-corrected chi connectivity index (χ3v) is 4.77. The molecule has 0 fully saturated rings. The predicted octanol–water partition coefficient (Wildman–Crippen LogP) is 5.18. The standard InChI is InChI=1S/C19H17F3N2O2S/c1-12-2-7-15-16(10-12)27-18(24-15)13-3-5-14(6-4-13)23-17(25)8-9-26-11-19(20,21)22/h2-7,10H,8-9,11H2,1H3,(H,23,25). The summed E-state index contributed by atoms with van der Waals surface area (Å²) in [6.45, 7) is 0.399. The van der Waals surface area contributed by atoms with Gasteiger partial charge in [0, 0.05) is 11.3 Å². The second-order valence-electron chi connectivity index (χ2n) is 6.03. The van der Waals surface area contributed by atoms with E-state index in [1.54, 1.807) is 23.5 Å². The number of thiazole rings is 1. The van der Waals surface area contributed by atoms with Crippen molar-refractivity contribution in [3.8, 4) is 10.6 Å². The molecule has 4 nitrogen and oxygen atoms in total.